The number of hydrogen-bond donors (Lipinski definition) is 0. The predicted molar refractivity (Wildman–Crippen MR) is 110 cm³/mol. The summed E-state index contributed by atoms with van der Waals surface area (Å²) in [6, 6.07) is 4.18. The lowest BCUT2D eigenvalue weighted by Gasteiger charge is -2.32. The van der Waals surface area contributed by atoms with Gasteiger partial charge >= 0.3 is 0 Å². The van der Waals surface area contributed by atoms with Gasteiger partial charge in [0.25, 0.3) is 0 Å². The Morgan fingerprint density at radius 2 is 2.00 bits per heavy atom. The molecular weight excluding hydrogens is 374 g/mol. The first-order valence-electron chi connectivity index (χ1n) is 9.87. The largest absolute Gasteiger partial charge is 0.383 e. The summed E-state index contributed by atoms with van der Waals surface area (Å²) < 4.78 is 7.28. The summed E-state index contributed by atoms with van der Waals surface area (Å²) in [5.74, 6) is 0.922. The van der Waals surface area contributed by atoms with Crippen LogP contribution in [0.1, 0.15) is 39.0 Å². The van der Waals surface area contributed by atoms with E-state index in [4.69, 9.17) is 4.74 Å². The minimum atomic E-state index is -0.220. The van der Waals surface area contributed by atoms with Crippen molar-refractivity contribution in [2.75, 3.05) is 20.8 Å². The molecule has 1 atom stereocenters. The molecule has 3 rings (SSSR count). The first-order valence-corrected chi connectivity index (χ1v) is 10.8. The molecule has 0 saturated heterocycles. The van der Waals surface area contributed by atoms with Gasteiger partial charge in [-0.05, 0) is 31.9 Å². The monoisotopic (exact) mass is 403 g/mol. The minimum Gasteiger partial charge on any atom is -0.383 e. The van der Waals surface area contributed by atoms with Gasteiger partial charge in [0.05, 0.1) is 18.4 Å². The van der Waals surface area contributed by atoms with Gasteiger partial charge < -0.3 is 9.64 Å². The van der Waals surface area contributed by atoms with Crippen molar-refractivity contribution in [3.63, 3.8) is 0 Å². The van der Waals surface area contributed by atoms with Gasteiger partial charge in [-0.2, -0.15) is 0 Å². The van der Waals surface area contributed by atoms with Crippen LogP contribution < -0.4 is 0 Å². The molecule has 28 heavy (non-hydrogen) atoms. The van der Waals surface area contributed by atoms with Gasteiger partial charge in [-0.25, -0.2) is 0 Å². The van der Waals surface area contributed by atoms with Crippen molar-refractivity contribution < 1.29 is 9.53 Å². The number of carbonyl (C=O) groups is 1. The molecule has 152 valence electrons. The molecule has 7 nitrogen and oxygen atoms in total. The molecule has 1 unspecified atom stereocenters. The van der Waals surface area contributed by atoms with E-state index in [-0.39, 0.29) is 11.2 Å². The lowest BCUT2D eigenvalue weighted by molar-refractivity contribution is -0.131. The number of nitrogens with zero attached hydrogens (tertiary/aromatic N) is 5. The van der Waals surface area contributed by atoms with E-state index in [0.717, 1.165) is 29.4 Å². The summed E-state index contributed by atoms with van der Waals surface area (Å²) >= 11 is 1.46. The van der Waals surface area contributed by atoms with Gasteiger partial charge in [0.15, 0.2) is 11.0 Å². The van der Waals surface area contributed by atoms with Crippen molar-refractivity contribution >= 4 is 17.7 Å². The van der Waals surface area contributed by atoms with Crippen LogP contribution in [0.4, 0.5) is 0 Å². The Morgan fingerprint density at radius 1 is 1.29 bits per heavy atom. The van der Waals surface area contributed by atoms with Crippen molar-refractivity contribution in [2.24, 2.45) is 0 Å². The first kappa shape index (κ1) is 20.8. The molecule has 8 heteroatoms. The highest BCUT2D eigenvalue weighted by Crippen LogP contribution is 2.29. The maximum Gasteiger partial charge on any atom is 0.235 e. The summed E-state index contributed by atoms with van der Waals surface area (Å²) in [5, 5.41) is 9.26. The van der Waals surface area contributed by atoms with Gasteiger partial charge in [0.2, 0.25) is 5.91 Å². The number of amides is 1. The van der Waals surface area contributed by atoms with E-state index < -0.39 is 0 Å². The fraction of sp³-hybridized carbons (Fsp3) is 0.600. The molecule has 2 aromatic heterocycles. The molecule has 0 aliphatic heterocycles. The van der Waals surface area contributed by atoms with E-state index in [1.807, 2.05) is 35.6 Å². The van der Waals surface area contributed by atoms with Crippen LogP contribution in [0.5, 0.6) is 0 Å². The van der Waals surface area contributed by atoms with E-state index in [1.54, 1.807) is 19.5 Å². The molecule has 0 radical (unpaired) electrons. The highest BCUT2D eigenvalue weighted by atomic mass is 32.2. The van der Waals surface area contributed by atoms with Crippen LogP contribution in [-0.4, -0.2) is 62.6 Å². The standard InChI is InChI=1S/C20H29N5O2S/c1-15(19(26)24(2)17-7-5-4-6-8-17)28-20-23-22-18(25(20)13-14-27-3)16-9-11-21-12-10-16/h9-12,15,17H,4-8,13-14H2,1-3H3. The smallest absolute Gasteiger partial charge is 0.235 e. The average Bonchev–Trinajstić information content (AvgIpc) is 3.14. The maximum absolute atomic E-state index is 13.0. The van der Waals surface area contributed by atoms with Crippen LogP contribution in [0.3, 0.4) is 0 Å². The van der Waals surface area contributed by atoms with Crippen molar-refractivity contribution in [3.05, 3.63) is 24.5 Å². The topological polar surface area (TPSA) is 73.1 Å². The second-order valence-electron chi connectivity index (χ2n) is 7.19. The SMILES string of the molecule is COCCn1c(SC(C)C(=O)N(C)C2CCCCC2)nnc1-c1ccncc1. The Bertz CT molecular complexity index is 761. The zero-order chi connectivity index (χ0) is 19.9. The van der Waals surface area contributed by atoms with Crippen LogP contribution in [0, 0.1) is 0 Å². The van der Waals surface area contributed by atoms with E-state index in [9.17, 15) is 4.79 Å². The Balaban J connectivity index is 1.75. The van der Waals surface area contributed by atoms with Gasteiger partial charge in [-0.1, -0.05) is 31.0 Å². The quantitative estimate of drug-likeness (QED) is 0.630. The Hall–Kier alpha value is -1.93. The molecule has 2 aromatic rings. The number of pyridine rings is 1. The number of hydrogen-bond acceptors (Lipinski definition) is 6. The summed E-state index contributed by atoms with van der Waals surface area (Å²) in [6.45, 7) is 3.13. The molecular formula is C20H29N5O2S. The summed E-state index contributed by atoms with van der Waals surface area (Å²) in [4.78, 5) is 19.0. The van der Waals surface area contributed by atoms with Crippen LogP contribution in [0.25, 0.3) is 11.4 Å². The van der Waals surface area contributed by atoms with E-state index in [1.165, 1.54) is 31.0 Å². The van der Waals surface area contributed by atoms with Crippen molar-refractivity contribution in [3.8, 4) is 11.4 Å². The lowest BCUT2D eigenvalue weighted by atomic mass is 9.94. The normalized spacial score (nSPS) is 16.1. The van der Waals surface area contributed by atoms with Crippen LogP contribution in [0.2, 0.25) is 0 Å². The number of thioether (sulfide) groups is 1. The number of methoxy groups -OCH3 is 1. The van der Waals surface area contributed by atoms with Gasteiger partial charge in [-0.15, -0.1) is 10.2 Å². The molecule has 0 bridgehead atoms. The Kier molecular flexibility index (Phi) is 7.44. The Labute approximate surface area is 170 Å². The number of rotatable bonds is 8. The number of carbonyl (C=O) groups excluding carboxylic acids is 1. The van der Waals surface area contributed by atoms with Crippen molar-refractivity contribution in [1.82, 2.24) is 24.6 Å². The molecule has 1 fully saturated rings. The molecule has 0 spiro atoms. The molecule has 1 aliphatic carbocycles. The molecule has 1 saturated carbocycles. The van der Waals surface area contributed by atoms with E-state index in [2.05, 4.69) is 15.2 Å². The third kappa shape index (κ3) is 4.91. The second kappa shape index (κ2) is 10.0. The zero-order valence-corrected chi connectivity index (χ0v) is 17.7. The van der Waals surface area contributed by atoms with Gasteiger partial charge in [0, 0.05) is 38.2 Å². The van der Waals surface area contributed by atoms with Crippen molar-refractivity contribution in [1.29, 1.82) is 0 Å². The fourth-order valence-corrected chi connectivity index (χ4v) is 4.59. The van der Waals surface area contributed by atoms with Gasteiger partial charge in [-0.3, -0.25) is 14.3 Å². The van der Waals surface area contributed by atoms with E-state index in [0.29, 0.717) is 19.2 Å². The number of ether oxygens (including phenoxy) is 1. The third-order valence-electron chi connectivity index (χ3n) is 5.27. The Morgan fingerprint density at radius 3 is 2.68 bits per heavy atom. The third-order valence-corrected chi connectivity index (χ3v) is 6.34. The predicted octanol–water partition coefficient (Wildman–Crippen LogP) is 3.26. The maximum atomic E-state index is 13.0. The van der Waals surface area contributed by atoms with Crippen LogP contribution >= 0.6 is 11.8 Å². The lowest BCUT2D eigenvalue weighted by Crippen LogP contribution is -2.42. The average molecular weight is 404 g/mol. The molecule has 2 heterocycles. The molecule has 1 aliphatic rings. The second-order valence-corrected chi connectivity index (χ2v) is 8.50. The summed E-state index contributed by atoms with van der Waals surface area (Å²) in [5.41, 5.74) is 0.948. The highest BCUT2D eigenvalue weighted by molar-refractivity contribution is 8.00. The van der Waals surface area contributed by atoms with E-state index >= 15 is 0 Å². The number of aromatic nitrogens is 4. The molecule has 0 N–H and O–H groups in total. The first-order chi connectivity index (χ1) is 13.6. The van der Waals surface area contributed by atoms with Crippen molar-refractivity contribution in [2.45, 2.75) is 62.0 Å². The summed E-state index contributed by atoms with van der Waals surface area (Å²) in [6.07, 6.45) is 9.40. The minimum absolute atomic E-state index is 0.156. The van der Waals surface area contributed by atoms with Crippen LogP contribution in [-0.2, 0) is 16.1 Å². The summed E-state index contributed by atoms with van der Waals surface area (Å²) in [7, 11) is 3.61. The van der Waals surface area contributed by atoms with Crippen LogP contribution in [0.15, 0.2) is 29.7 Å². The van der Waals surface area contributed by atoms with Gasteiger partial charge in [0.1, 0.15) is 0 Å². The fourth-order valence-electron chi connectivity index (χ4n) is 3.62. The zero-order valence-electron chi connectivity index (χ0n) is 16.9. The molecule has 0 aromatic carbocycles. The highest BCUT2D eigenvalue weighted by Gasteiger charge is 2.27. The molecule has 1 amide bonds.